The summed E-state index contributed by atoms with van der Waals surface area (Å²) in [6.45, 7) is 3.59. The molecule has 0 aliphatic carbocycles. The largest absolute Gasteiger partial charge is 0.480 e. The van der Waals surface area contributed by atoms with Gasteiger partial charge in [0.25, 0.3) is 0 Å². The third-order valence-electron chi connectivity index (χ3n) is 2.56. The van der Waals surface area contributed by atoms with Crippen LogP contribution in [0.4, 0.5) is 19.3 Å². The maximum atomic E-state index is 13.5. The number of urea groups is 1. The number of hydrogen-bond acceptors (Lipinski definition) is 2. The van der Waals surface area contributed by atoms with Gasteiger partial charge in [-0.1, -0.05) is 29.8 Å². The molecular formula is C13H15BrF2N2O3. The molecular weight excluding hydrogens is 350 g/mol. The van der Waals surface area contributed by atoms with Crippen molar-refractivity contribution >= 4 is 33.6 Å². The van der Waals surface area contributed by atoms with E-state index in [-0.39, 0.29) is 16.8 Å². The summed E-state index contributed by atoms with van der Waals surface area (Å²) < 4.78 is 27.3. The number of halogens is 3. The van der Waals surface area contributed by atoms with Crippen LogP contribution in [0.15, 0.2) is 16.6 Å². The zero-order valence-corrected chi connectivity index (χ0v) is 13.0. The number of rotatable bonds is 5. The summed E-state index contributed by atoms with van der Waals surface area (Å²) in [6.07, 6.45) is 0.202. The number of benzene rings is 1. The number of aliphatic carboxylic acids is 1. The molecule has 116 valence electrons. The molecule has 0 fully saturated rings. The van der Waals surface area contributed by atoms with Crippen LogP contribution in [0.3, 0.4) is 0 Å². The fraction of sp³-hybridized carbons (Fsp3) is 0.385. The van der Waals surface area contributed by atoms with Gasteiger partial charge in [0.15, 0.2) is 11.6 Å². The average Bonchev–Trinajstić information content (AvgIpc) is 2.32. The molecule has 1 rings (SSSR count). The third-order valence-corrected chi connectivity index (χ3v) is 3.01. The van der Waals surface area contributed by atoms with Crippen LogP contribution in [0, 0.1) is 17.6 Å². The van der Waals surface area contributed by atoms with Crippen molar-refractivity contribution in [3.05, 3.63) is 28.2 Å². The summed E-state index contributed by atoms with van der Waals surface area (Å²) in [5.74, 6) is -3.11. The van der Waals surface area contributed by atoms with Gasteiger partial charge in [0.05, 0.1) is 0 Å². The lowest BCUT2D eigenvalue weighted by atomic mass is 10.0. The molecule has 0 saturated carbocycles. The molecule has 0 bridgehead atoms. The quantitative estimate of drug-likeness (QED) is 0.749. The molecule has 0 spiro atoms. The second-order valence-electron chi connectivity index (χ2n) is 4.86. The van der Waals surface area contributed by atoms with Crippen LogP contribution in [0.5, 0.6) is 0 Å². The predicted octanol–water partition coefficient (Wildman–Crippen LogP) is 3.35. The van der Waals surface area contributed by atoms with Crippen LogP contribution < -0.4 is 10.6 Å². The number of carboxylic acids is 1. The standard InChI is InChI=1S/C13H15BrF2N2O3/c1-6(2)3-10(12(19)20)17-13(21)18-11-8(15)4-7(14)5-9(11)16/h4-6,10H,3H2,1-2H3,(H,19,20)(H2,17,18,21)/t10-/m1/s1. The highest BCUT2D eigenvalue weighted by Gasteiger charge is 2.22. The number of nitrogens with one attached hydrogen (secondary N) is 2. The van der Waals surface area contributed by atoms with Crippen molar-refractivity contribution in [3.8, 4) is 0 Å². The first-order chi connectivity index (χ1) is 9.70. The van der Waals surface area contributed by atoms with Gasteiger partial charge in [0, 0.05) is 4.47 Å². The summed E-state index contributed by atoms with van der Waals surface area (Å²) in [6, 6.07) is -0.141. The van der Waals surface area contributed by atoms with Gasteiger partial charge in [-0.05, 0) is 24.5 Å². The van der Waals surface area contributed by atoms with Gasteiger partial charge >= 0.3 is 12.0 Å². The van der Waals surface area contributed by atoms with Gasteiger partial charge in [-0.15, -0.1) is 0 Å². The first-order valence-corrected chi connectivity index (χ1v) is 6.95. The zero-order chi connectivity index (χ0) is 16.2. The summed E-state index contributed by atoms with van der Waals surface area (Å²) in [5.41, 5.74) is -0.635. The van der Waals surface area contributed by atoms with E-state index in [4.69, 9.17) is 5.11 Å². The fourth-order valence-corrected chi connectivity index (χ4v) is 2.06. The second kappa shape index (κ2) is 7.35. The van der Waals surface area contributed by atoms with Crippen molar-refractivity contribution in [2.75, 3.05) is 5.32 Å². The average molecular weight is 365 g/mol. The van der Waals surface area contributed by atoms with E-state index in [2.05, 4.69) is 21.2 Å². The topological polar surface area (TPSA) is 78.4 Å². The first-order valence-electron chi connectivity index (χ1n) is 6.15. The predicted molar refractivity (Wildman–Crippen MR) is 77.1 cm³/mol. The normalized spacial score (nSPS) is 12.1. The van der Waals surface area contributed by atoms with E-state index < -0.39 is 35.4 Å². The fourth-order valence-electron chi connectivity index (χ4n) is 1.66. The maximum absolute atomic E-state index is 13.5. The molecule has 0 aliphatic rings. The van der Waals surface area contributed by atoms with Gasteiger partial charge < -0.3 is 15.7 Å². The number of amides is 2. The Kier molecular flexibility index (Phi) is 6.07. The lowest BCUT2D eigenvalue weighted by Gasteiger charge is -2.17. The Labute approximate surface area is 128 Å². The van der Waals surface area contributed by atoms with Crippen LogP contribution in [0.1, 0.15) is 20.3 Å². The van der Waals surface area contributed by atoms with E-state index in [9.17, 15) is 18.4 Å². The summed E-state index contributed by atoms with van der Waals surface area (Å²) in [4.78, 5) is 22.7. The molecule has 21 heavy (non-hydrogen) atoms. The van der Waals surface area contributed by atoms with E-state index in [1.807, 2.05) is 5.32 Å². The number of anilines is 1. The molecule has 1 aromatic carbocycles. The number of carbonyl (C=O) groups is 2. The maximum Gasteiger partial charge on any atom is 0.326 e. The van der Waals surface area contributed by atoms with Crippen LogP contribution >= 0.6 is 15.9 Å². The molecule has 5 nitrogen and oxygen atoms in total. The molecule has 8 heteroatoms. The minimum atomic E-state index is -1.21. The van der Waals surface area contributed by atoms with Gasteiger partial charge in [0.2, 0.25) is 0 Å². The molecule has 0 aromatic heterocycles. The highest BCUT2D eigenvalue weighted by molar-refractivity contribution is 9.10. The van der Waals surface area contributed by atoms with Crippen molar-refractivity contribution in [3.63, 3.8) is 0 Å². The van der Waals surface area contributed by atoms with Gasteiger partial charge in [-0.25, -0.2) is 18.4 Å². The molecule has 1 atom stereocenters. The first kappa shape index (κ1) is 17.4. The van der Waals surface area contributed by atoms with Crippen molar-refractivity contribution in [2.45, 2.75) is 26.3 Å². The molecule has 0 heterocycles. The Bertz CT molecular complexity index is 529. The molecule has 0 aliphatic heterocycles. The van der Waals surface area contributed by atoms with E-state index in [1.165, 1.54) is 0 Å². The molecule has 1 aromatic rings. The van der Waals surface area contributed by atoms with E-state index in [0.717, 1.165) is 12.1 Å². The van der Waals surface area contributed by atoms with Gasteiger partial charge in [-0.2, -0.15) is 0 Å². The number of carboxylic acid groups (broad SMARTS) is 1. The molecule has 2 amide bonds. The third kappa shape index (κ3) is 5.30. The summed E-state index contributed by atoms with van der Waals surface area (Å²) in [7, 11) is 0. The van der Waals surface area contributed by atoms with Gasteiger partial charge in [-0.3, -0.25) is 0 Å². The van der Waals surface area contributed by atoms with E-state index >= 15 is 0 Å². The van der Waals surface area contributed by atoms with Gasteiger partial charge in [0.1, 0.15) is 11.7 Å². The Morgan fingerprint density at radius 3 is 2.24 bits per heavy atom. The minimum Gasteiger partial charge on any atom is -0.480 e. The van der Waals surface area contributed by atoms with Crippen LogP contribution in [0.2, 0.25) is 0 Å². The Balaban J connectivity index is 2.79. The molecule has 0 radical (unpaired) electrons. The SMILES string of the molecule is CC(C)C[C@@H](NC(=O)Nc1c(F)cc(Br)cc1F)C(=O)O. The monoisotopic (exact) mass is 364 g/mol. The van der Waals surface area contributed by atoms with E-state index in [1.54, 1.807) is 13.8 Å². The summed E-state index contributed by atoms with van der Waals surface area (Å²) >= 11 is 2.91. The Morgan fingerprint density at radius 2 is 1.81 bits per heavy atom. The summed E-state index contributed by atoms with van der Waals surface area (Å²) in [5, 5.41) is 13.1. The van der Waals surface area contributed by atoms with Crippen LogP contribution in [-0.2, 0) is 4.79 Å². The number of hydrogen-bond donors (Lipinski definition) is 3. The smallest absolute Gasteiger partial charge is 0.326 e. The highest BCUT2D eigenvalue weighted by atomic mass is 79.9. The van der Waals surface area contributed by atoms with E-state index in [0.29, 0.717) is 0 Å². The minimum absolute atomic E-state index is 0.0348. The van der Waals surface area contributed by atoms with Crippen molar-refractivity contribution < 1.29 is 23.5 Å². The highest BCUT2D eigenvalue weighted by Crippen LogP contribution is 2.23. The lowest BCUT2D eigenvalue weighted by molar-refractivity contribution is -0.139. The van der Waals surface area contributed by atoms with Crippen molar-refractivity contribution in [2.24, 2.45) is 5.92 Å². The van der Waals surface area contributed by atoms with Crippen molar-refractivity contribution in [1.29, 1.82) is 0 Å². The Hall–Kier alpha value is -1.70. The Morgan fingerprint density at radius 1 is 1.29 bits per heavy atom. The van der Waals surface area contributed by atoms with Crippen molar-refractivity contribution in [1.82, 2.24) is 5.32 Å². The number of carbonyl (C=O) groups excluding carboxylic acids is 1. The molecule has 0 unspecified atom stereocenters. The second-order valence-corrected chi connectivity index (χ2v) is 5.78. The zero-order valence-electron chi connectivity index (χ0n) is 11.4. The molecule has 0 saturated heterocycles. The van der Waals surface area contributed by atoms with Crippen LogP contribution in [0.25, 0.3) is 0 Å². The lowest BCUT2D eigenvalue weighted by Crippen LogP contribution is -2.43. The molecule has 3 N–H and O–H groups in total. The van der Waals surface area contributed by atoms with Crippen LogP contribution in [-0.4, -0.2) is 23.1 Å².